The lowest BCUT2D eigenvalue weighted by Crippen LogP contribution is -2.20. The van der Waals surface area contributed by atoms with Crippen molar-refractivity contribution in [2.24, 2.45) is 0 Å². The average Bonchev–Trinajstić information content (AvgIpc) is 2.80. The molecule has 0 aliphatic rings. The van der Waals surface area contributed by atoms with Gasteiger partial charge >= 0.3 is 5.63 Å². The molecule has 0 saturated carbocycles. The summed E-state index contributed by atoms with van der Waals surface area (Å²) < 4.78 is 11.0. The zero-order chi connectivity index (χ0) is 26.4. The number of phenolic OH excluding ortho intramolecular Hbond substituents is 1. The molecule has 1 aromatic heterocycles. The zero-order valence-electron chi connectivity index (χ0n) is 22.0. The van der Waals surface area contributed by atoms with E-state index in [1.807, 2.05) is 84.0 Å². The van der Waals surface area contributed by atoms with E-state index in [1.165, 1.54) is 7.11 Å². The van der Waals surface area contributed by atoms with Gasteiger partial charge in [0.1, 0.15) is 22.8 Å². The monoisotopic (exact) mass is 486 g/mol. The lowest BCUT2D eigenvalue weighted by atomic mass is 9.75. The summed E-state index contributed by atoms with van der Waals surface area (Å²) in [6, 6.07) is 18.5. The Kier molecular flexibility index (Phi) is 6.38. The van der Waals surface area contributed by atoms with Gasteiger partial charge in [0.25, 0.3) is 0 Å². The molecule has 0 amide bonds. The Morgan fingerprint density at radius 2 is 1.36 bits per heavy atom. The zero-order valence-corrected chi connectivity index (χ0v) is 22.0. The van der Waals surface area contributed by atoms with Crippen LogP contribution in [0.15, 0.2) is 69.9 Å². The van der Waals surface area contributed by atoms with Gasteiger partial charge in [0, 0.05) is 12.0 Å². The summed E-state index contributed by atoms with van der Waals surface area (Å²) in [5.41, 5.74) is 2.27. The Morgan fingerprint density at radius 1 is 0.778 bits per heavy atom. The Labute approximate surface area is 212 Å². The quantitative estimate of drug-likeness (QED) is 0.304. The molecule has 0 saturated heterocycles. The smallest absolute Gasteiger partial charge is 0.344 e. The first-order chi connectivity index (χ1) is 16.8. The summed E-state index contributed by atoms with van der Waals surface area (Å²) in [5, 5.41) is 23.1. The second-order valence-corrected chi connectivity index (χ2v) is 11.3. The third-order valence-corrected chi connectivity index (χ3v) is 6.62. The molecule has 2 N–H and O–H groups in total. The van der Waals surface area contributed by atoms with Crippen LogP contribution in [-0.2, 0) is 10.8 Å². The first kappa shape index (κ1) is 25.4. The molecule has 0 aliphatic carbocycles. The summed E-state index contributed by atoms with van der Waals surface area (Å²) in [4.78, 5) is 13.5. The lowest BCUT2D eigenvalue weighted by molar-refractivity contribution is 0.413. The van der Waals surface area contributed by atoms with Crippen LogP contribution in [0.25, 0.3) is 11.0 Å². The van der Waals surface area contributed by atoms with Gasteiger partial charge in [-0.1, -0.05) is 84.0 Å². The van der Waals surface area contributed by atoms with E-state index in [4.69, 9.17) is 9.15 Å². The summed E-state index contributed by atoms with van der Waals surface area (Å²) in [6.45, 7) is 12.3. The number of fused-ring (bicyclic) bond motifs is 1. The molecule has 3 aromatic carbocycles. The van der Waals surface area contributed by atoms with Crippen molar-refractivity contribution in [3.63, 3.8) is 0 Å². The van der Waals surface area contributed by atoms with E-state index in [9.17, 15) is 15.0 Å². The fourth-order valence-corrected chi connectivity index (χ4v) is 4.70. The van der Waals surface area contributed by atoms with Crippen LogP contribution in [0.2, 0.25) is 0 Å². The molecule has 0 bridgehead atoms. The molecule has 36 heavy (non-hydrogen) atoms. The normalized spacial score (nSPS) is 13.1. The first-order valence-corrected chi connectivity index (χ1v) is 12.1. The van der Waals surface area contributed by atoms with Crippen molar-refractivity contribution in [1.82, 2.24) is 0 Å². The molecule has 0 spiro atoms. The highest BCUT2D eigenvalue weighted by molar-refractivity contribution is 5.86. The number of aromatic hydroxyl groups is 2. The molecular weight excluding hydrogens is 452 g/mol. The van der Waals surface area contributed by atoms with Gasteiger partial charge < -0.3 is 19.4 Å². The Morgan fingerprint density at radius 3 is 1.89 bits per heavy atom. The van der Waals surface area contributed by atoms with Crippen molar-refractivity contribution in [2.45, 2.75) is 58.3 Å². The topological polar surface area (TPSA) is 79.9 Å². The third-order valence-electron chi connectivity index (χ3n) is 6.62. The van der Waals surface area contributed by atoms with Crippen molar-refractivity contribution in [1.29, 1.82) is 0 Å². The fraction of sp³-hybridized carbons (Fsp3) is 0.323. The minimum absolute atomic E-state index is 0.125. The lowest BCUT2D eigenvalue weighted by Gasteiger charge is -2.30. The van der Waals surface area contributed by atoms with Gasteiger partial charge in [-0.05, 0) is 45.2 Å². The van der Waals surface area contributed by atoms with Gasteiger partial charge in [-0.25, -0.2) is 4.79 Å². The van der Waals surface area contributed by atoms with Crippen LogP contribution in [0.3, 0.4) is 0 Å². The van der Waals surface area contributed by atoms with Gasteiger partial charge in [-0.15, -0.1) is 0 Å². The molecule has 5 nitrogen and oxygen atoms in total. The Bertz CT molecular complexity index is 1430. The molecule has 1 heterocycles. The maximum absolute atomic E-state index is 13.5. The highest BCUT2D eigenvalue weighted by atomic mass is 16.5. The number of phenols is 1. The summed E-state index contributed by atoms with van der Waals surface area (Å²) in [7, 11) is 1.53. The third kappa shape index (κ3) is 4.58. The maximum Gasteiger partial charge on any atom is 0.344 e. The molecular formula is C31H34O5. The van der Waals surface area contributed by atoms with Gasteiger partial charge in [0.2, 0.25) is 0 Å². The largest absolute Gasteiger partial charge is 0.507 e. The first-order valence-electron chi connectivity index (χ1n) is 12.1. The van der Waals surface area contributed by atoms with Crippen LogP contribution in [-0.4, -0.2) is 17.3 Å². The second kappa shape index (κ2) is 9.05. The number of hydrogen-bond acceptors (Lipinski definition) is 5. The van der Waals surface area contributed by atoms with E-state index in [-0.39, 0.29) is 33.5 Å². The van der Waals surface area contributed by atoms with Crippen molar-refractivity contribution >= 4 is 11.0 Å². The van der Waals surface area contributed by atoms with E-state index in [0.29, 0.717) is 11.1 Å². The Balaban J connectivity index is 2.10. The minimum atomic E-state index is -0.621. The van der Waals surface area contributed by atoms with E-state index in [0.717, 1.165) is 22.3 Å². The summed E-state index contributed by atoms with van der Waals surface area (Å²) in [5.74, 6) is 0.0465. The fourth-order valence-electron chi connectivity index (χ4n) is 4.70. The standard InChI is InChI=1S/C31H34O5/c1-30(2,3)22-15-19(16-23(28(22)33)31(4,5)6)25(18-11-9-8-10-12-18)26-27(32)21-14-13-20(35-7)17-24(21)36-29(26)34/h8-17,25,32-33H,1-7H3. The molecule has 0 aliphatic heterocycles. The van der Waals surface area contributed by atoms with Crippen LogP contribution in [0, 0.1) is 0 Å². The number of methoxy groups -OCH3 is 1. The number of ether oxygens (including phenoxy) is 1. The van der Waals surface area contributed by atoms with Crippen molar-refractivity contribution in [2.75, 3.05) is 7.11 Å². The van der Waals surface area contributed by atoms with Gasteiger partial charge in [0.05, 0.1) is 18.1 Å². The summed E-state index contributed by atoms with van der Waals surface area (Å²) in [6.07, 6.45) is 0. The van der Waals surface area contributed by atoms with Crippen LogP contribution < -0.4 is 10.4 Å². The van der Waals surface area contributed by atoms with E-state index in [2.05, 4.69) is 0 Å². The average molecular weight is 487 g/mol. The van der Waals surface area contributed by atoms with Gasteiger partial charge in [-0.3, -0.25) is 0 Å². The van der Waals surface area contributed by atoms with E-state index < -0.39 is 11.5 Å². The molecule has 0 radical (unpaired) electrons. The molecule has 1 atom stereocenters. The van der Waals surface area contributed by atoms with Crippen LogP contribution >= 0.6 is 0 Å². The van der Waals surface area contributed by atoms with Crippen molar-refractivity contribution in [3.05, 3.63) is 98.9 Å². The van der Waals surface area contributed by atoms with Crippen molar-refractivity contribution < 1.29 is 19.4 Å². The molecule has 188 valence electrons. The second-order valence-electron chi connectivity index (χ2n) is 11.3. The number of hydrogen-bond donors (Lipinski definition) is 2. The van der Waals surface area contributed by atoms with E-state index in [1.54, 1.807) is 18.2 Å². The minimum Gasteiger partial charge on any atom is -0.507 e. The summed E-state index contributed by atoms with van der Waals surface area (Å²) >= 11 is 0. The van der Waals surface area contributed by atoms with Gasteiger partial charge in [-0.2, -0.15) is 0 Å². The molecule has 1 unspecified atom stereocenters. The van der Waals surface area contributed by atoms with E-state index >= 15 is 0 Å². The Hall–Kier alpha value is -3.73. The molecule has 5 heteroatoms. The number of benzene rings is 3. The maximum atomic E-state index is 13.5. The van der Waals surface area contributed by atoms with Crippen LogP contribution in [0.4, 0.5) is 0 Å². The predicted molar refractivity (Wildman–Crippen MR) is 144 cm³/mol. The highest BCUT2D eigenvalue weighted by Crippen LogP contribution is 2.45. The number of rotatable bonds is 4. The predicted octanol–water partition coefficient (Wildman–Crippen LogP) is 6.99. The van der Waals surface area contributed by atoms with Crippen LogP contribution in [0.1, 0.15) is 75.3 Å². The molecule has 4 rings (SSSR count). The van der Waals surface area contributed by atoms with Gasteiger partial charge in [0.15, 0.2) is 0 Å². The molecule has 0 fully saturated rings. The van der Waals surface area contributed by atoms with Crippen molar-refractivity contribution in [3.8, 4) is 17.2 Å². The molecule has 4 aromatic rings. The SMILES string of the molecule is COc1ccc2c(O)c(C(c3ccccc3)c3cc(C(C)(C)C)c(O)c(C(C)(C)C)c3)c(=O)oc2c1. The van der Waals surface area contributed by atoms with Crippen LogP contribution in [0.5, 0.6) is 17.2 Å². The highest BCUT2D eigenvalue weighted by Gasteiger charge is 2.32.